The molecule has 0 spiro atoms. The molecule has 0 radical (unpaired) electrons. The van der Waals surface area contributed by atoms with Crippen molar-refractivity contribution in [2.24, 2.45) is 0 Å². The summed E-state index contributed by atoms with van der Waals surface area (Å²) in [5, 5.41) is 0. The second-order valence-electron chi connectivity index (χ2n) is 4.47. The molecular formula is C15H14OS. The molecule has 0 saturated carbocycles. The van der Waals surface area contributed by atoms with Crippen molar-refractivity contribution in [2.75, 3.05) is 13.2 Å². The Hall–Kier alpha value is -1.25. The average Bonchev–Trinajstić information content (AvgIpc) is 2.37. The van der Waals surface area contributed by atoms with E-state index < -0.39 is 0 Å². The maximum Gasteiger partial charge on any atom is 0.0844 e. The first-order valence-electron chi connectivity index (χ1n) is 5.74. The van der Waals surface area contributed by atoms with Gasteiger partial charge in [0.1, 0.15) is 0 Å². The highest BCUT2D eigenvalue weighted by Gasteiger charge is 2.36. The predicted octanol–water partition coefficient (Wildman–Crippen LogP) is 3.51. The molecule has 86 valence electrons. The molecule has 0 N–H and O–H groups in total. The first-order chi connectivity index (χ1) is 8.28. The summed E-state index contributed by atoms with van der Waals surface area (Å²) in [6.45, 7) is 1.42. The third kappa shape index (κ3) is 1.99. The zero-order valence-corrected chi connectivity index (χ0v) is 10.4. The summed E-state index contributed by atoms with van der Waals surface area (Å²) in [5.74, 6) is 0. The highest BCUT2D eigenvalue weighted by molar-refractivity contribution is 7.81. The van der Waals surface area contributed by atoms with Gasteiger partial charge in [-0.05, 0) is 16.7 Å². The Kier molecular flexibility index (Phi) is 2.69. The molecule has 0 unspecified atom stereocenters. The monoisotopic (exact) mass is 242 g/mol. The van der Waals surface area contributed by atoms with Gasteiger partial charge in [-0.25, -0.2) is 0 Å². The Labute approximate surface area is 107 Å². The highest BCUT2D eigenvalue weighted by atomic mass is 32.1. The van der Waals surface area contributed by atoms with Crippen LogP contribution in [0.5, 0.6) is 0 Å². The fourth-order valence-corrected chi connectivity index (χ4v) is 2.40. The van der Waals surface area contributed by atoms with E-state index in [0.717, 1.165) is 0 Å². The van der Waals surface area contributed by atoms with E-state index in [-0.39, 0.29) is 4.75 Å². The van der Waals surface area contributed by atoms with Gasteiger partial charge < -0.3 is 4.74 Å². The van der Waals surface area contributed by atoms with E-state index in [1.807, 2.05) is 6.07 Å². The predicted molar refractivity (Wildman–Crippen MR) is 73.4 cm³/mol. The van der Waals surface area contributed by atoms with Gasteiger partial charge in [0.15, 0.2) is 0 Å². The van der Waals surface area contributed by atoms with Crippen LogP contribution in [0.4, 0.5) is 0 Å². The average molecular weight is 242 g/mol. The minimum absolute atomic E-state index is 0.0742. The third-order valence-electron chi connectivity index (χ3n) is 3.21. The quantitative estimate of drug-likeness (QED) is 0.793. The van der Waals surface area contributed by atoms with E-state index in [0.29, 0.717) is 13.2 Å². The van der Waals surface area contributed by atoms with Crippen molar-refractivity contribution in [3.8, 4) is 11.1 Å². The van der Waals surface area contributed by atoms with E-state index >= 15 is 0 Å². The van der Waals surface area contributed by atoms with Gasteiger partial charge in [-0.2, -0.15) is 12.6 Å². The molecule has 0 bridgehead atoms. The first-order valence-corrected chi connectivity index (χ1v) is 6.19. The Morgan fingerprint density at radius 3 is 1.94 bits per heavy atom. The summed E-state index contributed by atoms with van der Waals surface area (Å²) >= 11 is 4.66. The van der Waals surface area contributed by atoms with E-state index in [1.54, 1.807) is 0 Å². The van der Waals surface area contributed by atoms with E-state index in [9.17, 15) is 0 Å². The minimum Gasteiger partial charge on any atom is -0.378 e. The summed E-state index contributed by atoms with van der Waals surface area (Å²) in [5.41, 5.74) is 3.73. The summed E-state index contributed by atoms with van der Waals surface area (Å²) in [6, 6.07) is 19.0. The smallest absolute Gasteiger partial charge is 0.0844 e. The fourth-order valence-electron chi connectivity index (χ4n) is 2.07. The highest BCUT2D eigenvalue weighted by Crippen LogP contribution is 2.36. The van der Waals surface area contributed by atoms with Gasteiger partial charge in [0.25, 0.3) is 0 Å². The lowest BCUT2D eigenvalue weighted by Gasteiger charge is -2.37. The summed E-state index contributed by atoms with van der Waals surface area (Å²) in [6.07, 6.45) is 0. The van der Waals surface area contributed by atoms with Crippen molar-refractivity contribution in [1.82, 2.24) is 0 Å². The number of benzene rings is 2. The van der Waals surface area contributed by atoms with Crippen LogP contribution >= 0.6 is 12.6 Å². The molecule has 1 aliphatic rings. The molecular weight excluding hydrogens is 228 g/mol. The zero-order chi connectivity index (χ0) is 11.7. The van der Waals surface area contributed by atoms with Gasteiger partial charge in [0, 0.05) is 0 Å². The Morgan fingerprint density at radius 1 is 0.824 bits per heavy atom. The lowest BCUT2D eigenvalue weighted by atomic mass is 9.94. The SMILES string of the molecule is SC1(c2ccc(-c3ccccc3)cc2)COC1. The second-order valence-corrected chi connectivity index (χ2v) is 5.32. The van der Waals surface area contributed by atoms with Crippen LogP contribution in [0, 0.1) is 0 Å². The van der Waals surface area contributed by atoms with Crippen LogP contribution in [0.2, 0.25) is 0 Å². The number of hydrogen-bond donors (Lipinski definition) is 1. The van der Waals surface area contributed by atoms with Crippen LogP contribution in [-0.4, -0.2) is 13.2 Å². The summed E-state index contributed by atoms with van der Waals surface area (Å²) < 4.78 is 5.16. The Bertz CT molecular complexity index is 500. The first kappa shape index (κ1) is 10.9. The molecule has 1 aliphatic heterocycles. The van der Waals surface area contributed by atoms with Gasteiger partial charge in [0.05, 0.1) is 18.0 Å². The van der Waals surface area contributed by atoms with Crippen molar-refractivity contribution in [1.29, 1.82) is 0 Å². The normalized spacial score (nSPS) is 17.5. The number of rotatable bonds is 2. The van der Waals surface area contributed by atoms with Crippen molar-refractivity contribution in [3.05, 3.63) is 60.2 Å². The molecule has 2 aromatic rings. The van der Waals surface area contributed by atoms with Gasteiger partial charge in [-0.3, -0.25) is 0 Å². The zero-order valence-electron chi connectivity index (χ0n) is 9.47. The second kappa shape index (κ2) is 4.21. The lowest BCUT2D eigenvalue weighted by molar-refractivity contribution is -0.00968. The van der Waals surface area contributed by atoms with Crippen LogP contribution in [0.3, 0.4) is 0 Å². The van der Waals surface area contributed by atoms with Gasteiger partial charge in [-0.1, -0.05) is 54.6 Å². The van der Waals surface area contributed by atoms with Crippen molar-refractivity contribution in [2.45, 2.75) is 4.75 Å². The van der Waals surface area contributed by atoms with Gasteiger partial charge in [-0.15, -0.1) is 0 Å². The van der Waals surface area contributed by atoms with Crippen molar-refractivity contribution >= 4 is 12.6 Å². The Morgan fingerprint density at radius 2 is 1.41 bits per heavy atom. The number of ether oxygens (including phenoxy) is 1. The maximum atomic E-state index is 5.23. The van der Waals surface area contributed by atoms with Crippen LogP contribution in [-0.2, 0) is 9.48 Å². The summed E-state index contributed by atoms with van der Waals surface area (Å²) in [4.78, 5) is 0. The standard InChI is InChI=1S/C15H14OS/c17-15(10-16-11-15)14-8-6-13(7-9-14)12-4-2-1-3-5-12/h1-9,17H,10-11H2. The van der Waals surface area contributed by atoms with Crippen LogP contribution in [0.25, 0.3) is 11.1 Å². The molecule has 2 heteroatoms. The van der Waals surface area contributed by atoms with Gasteiger partial charge >= 0.3 is 0 Å². The maximum absolute atomic E-state index is 5.23. The van der Waals surface area contributed by atoms with E-state index in [2.05, 4.69) is 61.2 Å². The van der Waals surface area contributed by atoms with Crippen LogP contribution in [0.15, 0.2) is 54.6 Å². The van der Waals surface area contributed by atoms with Crippen LogP contribution < -0.4 is 0 Å². The van der Waals surface area contributed by atoms with E-state index in [1.165, 1.54) is 16.7 Å². The van der Waals surface area contributed by atoms with Gasteiger partial charge in [0.2, 0.25) is 0 Å². The molecule has 3 rings (SSSR count). The fraction of sp³-hybridized carbons (Fsp3) is 0.200. The molecule has 1 fully saturated rings. The van der Waals surface area contributed by atoms with E-state index in [4.69, 9.17) is 4.74 Å². The minimum atomic E-state index is -0.0742. The molecule has 0 aromatic heterocycles. The molecule has 2 aromatic carbocycles. The third-order valence-corrected chi connectivity index (χ3v) is 3.73. The largest absolute Gasteiger partial charge is 0.378 e. The molecule has 0 amide bonds. The topological polar surface area (TPSA) is 9.23 Å². The molecule has 1 saturated heterocycles. The molecule has 0 aliphatic carbocycles. The number of hydrogen-bond acceptors (Lipinski definition) is 2. The van der Waals surface area contributed by atoms with Crippen LogP contribution in [0.1, 0.15) is 5.56 Å². The Balaban J connectivity index is 1.90. The molecule has 0 atom stereocenters. The molecule has 1 heterocycles. The lowest BCUT2D eigenvalue weighted by Crippen LogP contribution is -2.41. The van der Waals surface area contributed by atoms with Crippen molar-refractivity contribution in [3.63, 3.8) is 0 Å². The molecule has 1 nitrogen and oxygen atoms in total. The number of thiol groups is 1. The molecule has 17 heavy (non-hydrogen) atoms. The van der Waals surface area contributed by atoms with Crippen molar-refractivity contribution < 1.29 is 4.74 Å². The summed E-state index contributed by atoms with van der Waals surface area (Å²) in [7, 11) is 0.